The first-order chi connectivity index (χ1) is 17.0. The van der Waals surface area contributed by atoms with E-state index in [1.54, 1.807) is 17.9 Å². The summed E-state index contributed by atoms with van der Waals surface area (Å²) in [6, 6.07) is 2.20. The predicted octanol–water partition coefficient (Wildman–Crippen LogP) is 3.49. The molecule has 2 aliphatic rings. The van der Waals surface area contributed by atoms with Crippen LogP contribution in [0.25, 0.3) is 11.4 Å². The fourth-order valence-electron chi connectivity index (χ4n) is 4.74. The summed E-state index contributed by atoms with van der Waals surface area (Å²) in [6.07, 6.45) is 0.829. The number of fused-ring (bicyclic) bond motifs is 1. The minimum Gasteiger partial charge on any atom is -0.378 e. The molecule has 0 aliphatic carbocycles. The molecule has 1 fully saturated rings. The van der Waals surface area contributed by atoms with Crippen LogP contribution >= 0.6 is 11.6 Å². The molecule has 2 aliphatic heterocycles. The van der Waals surface area contributed by atoms with E-state index in [1.807, 2.05) is 32.4 Å². The van der Waals surface area contributed by atoms with Crippen molar-refractivity contribution in [3.05, 3.63) is 39.9 Å². The number of halogens is 2. The number of nitrogens with zero attached hydrogens (tertiary/aromatic N) is 4. The molecule has 0 unspecified atom stereocenters. The average Bonchev–Trinajstić information content (AvgIpc) is 3.05. The lowest BCUT2D eigenvalue weighted by molar-refractivity contribution is -0.139. The van der Waals surface area contributed by atoms with Gasteiger partial charge in [0.2, 0.25) is 5.91 Å². The van der Waals surface area contributed by atoms with Gasteiger partial charge in [0.25, 0.3) is 5.91 Å². The molecule has 0 spiro atoms. The van der Waals surface area contributed by atoms with E-state index in [9.17, 15) is 9.59 Å². The Morgan fingerprint density at radius 3 is 2.53 bits per heavy atom. The highest BCUT2D eigenvalue weighted by atomic mass is 35.5. The maximum Gasteiger partial charge on any atom is 0.272 e. The molecule has 10 heteroatoms. The Labute approximate surface area is 216 Å². The highest BCUT2D eigenvalue weighted by molar-refractivity contribution is 6.31. The summed E-state index contributed by atoms with van der Waals surface area (Å²) in [4.78, 5) is 35.6. The number of carbonyl (C=O) groups excluding carboxylic acids is 2. The van der Waals surface area contributed by atoms with Gasteiger partial charge in [0.1, 0.15) is 17.7 Å². The second-order valence-electron chi connectivity index (χ2n) is 10.8. The average molecular weight is 520 g/mol. The van der Waals surface area contributed by atoms with Crippen LogP contribution in [0.2, 0.25) is 5.02 Å². The SMILES string of the molecule is Cc1cc(F)c(-c2nc(C(=O)N[C@H](C(=O)N3CCOCC3)C(C)(C)C)c3n2CCCN(C)C3)cc1Cl. The number of morpholine rings is 1. The first kappa shape index (κ1) is 26.6. The molecule has 0 bridgehead atoms. The maximum absolute atomic E-state index is 15.1. The van der Waals surface area contributed by atoms with Crippen molar-refractivity contribution in [2.24, 2.45) is 5.41 Å². The fourth-order valence-corrected chi connectivity index (χ4v) is 4.90. The van der Waals surface area contributed by atoms with Crippen LogP contribution in [0.1, 0.15) is 48.9 Å². The Bertz CT molecular complexity index is 1150. The lowest BCUT2D eigenvalue weighted by atomic mass is 9.85. The second-order valence-corrected chi connectivity index (χ2v) is 11.2. The molecule has 3 heterocycles. The van der Waals surface area contributed by atoms with E-state index in [0.29, 0.717) is 61.5 Å². The molecule has 36 heavy (non-hydrogen) atoms. The Hall–Kier alpha value is -2.49. The predicted molar refractivity (Wildman–Crippen MR) is 136 cm³/mol. The van der Waals surface area contributed by atoms with Gasteiger partial charge in [-0.15, -0.1) is 0 Å². The van der Waals surface area contributed by atoms with Crippen molar-refractivity contribution in [3.8, 4) is 11.4 Å². The Balaban J connectivity index is 1.74. The minimum atomic E-state index is -0.752. The number of amides is 2. The van der Waals surface area contributed by atoms with Crippen LogP contribution in [0.3, 0.4) is 0 Å². The summed E-state index contributed by atoms with van der Waals surface area (Å²) in [5.74, 6) is -0.653. The van der Waals surface area contributed by atoms with E-state index >= 15 is 4.39 Å². The van der Waals surface area contributed by atoms with E-state index in [-0.39, 0.29) is 17.2 Å². The van der Waals surface area contributed by atoms with Gasteiger partial charge in [-0.25, -0.2) is 9.37 Å². The number of nitrogens with one attached hydrogen (secondary N) is 1. The number of aromatic nitrogens is 2. The number of hydrogen-bond donors (Lipinski definition) is 1. The van der Waals surface area contributed by atoms with Crippen molar-refractivity contribution in [2.45, 2.75) is 53.2 Å². The van der Waals surface area contributed by atoms with Crippen molar-refractivity contribution in [1.82, 2.24) is 24.7 Å². The van der Waals surface area contributed by atoms with Crippen molar-refractivity contribution in [1.29, 1.82) is 0 Å². The highest BCUT2D eigenvalue weighted by Gasteiger charge is 2.38. The van der Waals surface area contributed by atoms with Gasteiger partial charge < -0.3 is 24.4 Å². The number of imidazole rings is 1. The first-order valence-electron chi connectivity index (χ1n) is 12.4. The summed E-state index contributed by atoms with van der Waals surface area (Å²) < 4.78 is 22.4. The number of ether oxygens (including phenoxy) is 1. The third-order valence-corrected chi connectivity index (χ3v) is 7.24. The summed E-state index contributed by atoms with van der Waals surface area (Å²) >= 11 is 6.33. The van der Waals surface area contributed by atoms with Crippen molar-refractivity contribution < 1.29 is 18.7 Å². The van der Waals surface area contributed by atoms with Gasteiger partial charge in [-0.3, -0.25) is 9.59 Å². The van der Waals surface area contributed by atoms with Gasteiger partial charge in [-0.05, 0) is 50.0 Å². The number of aryl methyl sites for hydroxylation is 1. The standard InChI is InChI=1S/C26H35ClFN5O3/c1-16-13-19(28)17(14-18(16)27)23-29-21(20-15-31(5)7-6-8-33(20)23)24(34)30-22(26(2,3)4)25(35)32-9-11-36-12-10-32/h13-14,22H,6-12,15H2,1-5H3,(H,30,34)/t22-/m1/s1. The number of benzene rings is 1. The van der Waals surface area contributed by atoms with Gasteiger partial charge in [0.15, 0.2) is 5.69 Å². The topological polar surface area (TPSA) is 79.7 Å². The summed E-state index contributed by atoms with van der Waals surface area (Å²) in [7, 11) is 1.98. The zero-order valence-electron chi connectivity index (χ0n) is 21.7. The van der Waals surface area contributed by atoms with E-state index in [4.69, 9.17) is 16.3 Å². The van der Waals surface area contributed by atoms with Crippen LogP contribution in [0.5, 0.6) is 0 Å². The smallest absolute Gasteiger partial charge is 0.272 e. The molecule has 1 saturated heterocycles. The Morgan fingerprint density at radius 2 is 1.86 bits per heavy atom. The third kappa shape index (κ3) is 5.43. The van der Waals surface area contributed by atoms with E-state index in [2.05, 4.69) is 15.2 Å². The molecular formula is C26H35ClFN5O3. The van der Waals surface area contributed by atoms with Crippen LogP contribution in [-0.2, 0) is 22.6 Å². The number of rotatable bonds is 4. The molecule has 8 nitrogen and oxygen atoms in total. The second kappa shape index (κ2) is 10.5. The van der Waals surface area contributed by atoms with Crippen molar-refractivity contribution >= 4 is 23.4 Å². The first-order valence-corrected chi connectivity index (χ1v) is 12.8. The van der Waals surface area contributed by atoms with Gasteiger partial charge in [0, 0.05) is 31.2 Å². The zero-order chi connectivity index (χ0) is 26.2. The minimum absolute atomic E-state index is 0.141. The molecule has 0 saturated carbocycles. The zero-order valence-corrected chi connectivity index (χ0v) is 22.4. The Morgan fingerprint density at radius 1 is 1.17 bits per heavy atom. The largest absolute Gasteiger partial charge is 0.378 e. The van der Waals surface area contributed by atoms with Gasteiger partial charge >= 0.3 is 0 Å². The quantitative estimate of drug-likeness (QED) is 0.669. The fraction of sp³-hybridized carbons (Fsp3) is 0.577. The third-order valence-electron chi connectivity index (χ3n) is 6.83. The van der Waals surface area contributed by atoms with Crippen molar-refractivity contribution in [3.63, 3.8) is 0 Å². The summed E-state index contributed by atoms with van der Waals surface area (Å²) in [5.41, 5.74) is 1.27. The van der Waals surface area contributed by atoms with E-state index in [0.717, 1.165) is 13.0 Å². The van der Waals surface area contributed by atoms with E-state index in [1.165, 1.54) is 6.07 Å². The highest BCUT2D eigenvalue weighted by Crippen LogP contribution is 2.32. The molecule has 4 rings (SSSR count). The molecule has 196 valence electrons. The molecule has 1 aromatic carbocycles. The van der Waals surface area contributed by atoms with Gasteiger partial charge in [0.05, 0.1) is 24.5 Å². The molecule has 2 aromatic rings. The van der Waals surface area contributed by atoms with Gasteiger partial charge in [-0.2, -0.15) is 0 Å². The number of hydrogen-bond acceptors (Lipinski definition) is 5. The lowest BCUT2D eigenvalue weighted by Gasteiger charge is -2.36. The molecule has 2 amide bonds. The molecule has 0 radical (unpaired) electrons. The molecule has 1 atom stereocenters. The van der Waals surface area contributed by atoms with E-state index < -0.39 is 23.2 Å². The maximum atomic E-state index is 15.1. The van der Waals surface area contributed by atoms with Gasteiger partial charge in [-0.1, -0.05) is 32.4 Å². The van der Waals surface area contributed by atoms with Crippen LogP contribution in [0, 0.1) is 18.2 Å². The summed E-state index contributed by atoms with van der Waals surface area (Å²) in [6.45, 7) is 11.4. The van der Waals surface area contributed by atoms with Crippen LogP contribution in [0.15, 0.2) is 12.1 Å². The lowest BCUT2D eigenvalue weighted by Crippen LogP contribution is -2.56. The Kier molecular flexibility index (Phi) is 7.73. The molecule has 1 N–H and O–H groups in total. The molecular weight excluding hydrogens is 485 g/mol. The van der Waals surface area contributed by atoms with Crippen LogP contribution < -0.4 is 5.32 Å². The summed E-state index contributed by atoms with van der Waals surface area (Å²) in [5, 5.41) is 3.41. The molecule has 1 aromatic heterocycles. The van der Waals surface area contributed by atoms with Crippen LogP contribution in [0.4, 0.5) is 4.39 Å². The van der Waals surface area contributed by atoms with Crippen LogP contribution in [-0.4, -0.2) is 77.1 Å². The normalized spacial score (nSPS) is 17.9. The monoisotopic (exact) mass is 519 g/mol. The van der Waals surface area contributed by atoms with Crippen molar-refractivity contribution in [2.75, 3.05) is 39.9 Å². The number of carbonyl (C=O) groups is 2.